The molecule has 0 aliphatic carbocycles. The molecule has 0 unspecified atom stereocenters. The molecule has 16 heavy (non-hydrogen) atoms. The lowest BCUT2D eigenvalue weighted by Gasteiger charge is -2.04. The lowest BCUT2D eigenvalue weighted by atomic mass is 10.2. The molecule has 1 amide bonds. The van der Waals surface area contributed by atoms with Gasteiger partial charge in [0.15, 0.2) is 0 Å². The lowest BCUT2D eigenvalue weighted by Crippen LogP contribution is -2.20. The van der Waals surface area contributed by atoms with Crippen molar-refractivity contribution in [3.05, 3.63) is 39.5 Å². The van der Waals surface area contributed by atoms with Crippen LogP contribution in [0.3, 0.4) is 0 Å². The third kappa shape index (κ3) is 4.01. The number of carbonyl (C=O) groups is 2. The number of carboxylic acids is 1. The fourth-order valence-corrected chi connectivity index (χ4v) is 1.51. The second-order valence-electron chi connectivity index (χ2n) is 3.11. The Balaban J connectivity index is 2.70. The first-order valence-corrected chi connectivity index (χ1v) is 5.53. The first-order chi connectivity index (χ1) is 7.49. The average Bonchev–Trinajstić information content (AvgIpc) is 2.21. The van der Waals surface area contributed by atoms with Gasteiger partial charge in [0.05, 0.1) is 5.97 Å². The van der Waals surface area contributed by atoms with Crippen molar-refractivity contribution in [2.45, 2.75) is 6.92 Å². The number of carbonyl (C=O) groups excluding carboxylic acids is 2. The molecule has 0 bridgehead atoms. The van der Waals surface area contributed by atoms with Gasteiger partial charge < -0.3 is 15.2 Å². The van der Waals surface area contributed by atoms with Crippen LogP contribution in [0.1, 0.15) is 5.56 Å². The summed E-state index contributed by atoms with van der Waals surface area (Å²) in [6.07, 6.45) is 1.61. The molecule has 0 saturated carbocycles. The molecular formula is C11H9INO3-. The molecule has 0 fully saturated rings. The maximum atomic E-state index is 11.2. The van der Waals surface area contributed by atoms with Gasteiger partial charge in [0.2, 0.25) is 5.91 Å². The lowest BCUT2D eigenvalue weighted by molar-refractivity contribution is -0.297. The van der Waals surface area contributed by atoms with Crippen LogP contribution in [0.15, 0.2) is 30.4 Å². The van der Waals surface area contributed by atoms with E-state index in [9.17, 15) is 14.7 Å². The summed E-state index contributed by atoms with van der Waals surface area (Å²) in [4.78, 5) is 21.3. The summed E-state index contributed by atoms with van der Waals surface area (Å²) in [5, 5.41) is 12.6. The summed E-state index contributed by atoms with van der Waals surface area (Å²) >= 11 is 2.16. The fourth-order valence-electron chi connectivity index (χ4n) is 0.998. The molecule has 1 N–H and O–H groups in total. The molecule has 5 heteroatoms. The predicted octanol–water partition coefficient (Wildman–Crippen LogP) is 0.844. The molecule has 0 radical (unpaired) electrons. The number of hydrogen-bond acceptors (Lipinski definition) is 3. The van der Waals surface area contributed by atoms with Crippen molar-refractivity contribution >= 4 is 40.2 Å². The van der Waals surface area contributed by atoms with Crippen LogP contribution < -0.4 is 10.4 Å². The second-order valence-corrected chi connectivity index (χ2v) is 4.27. The van der Waals surface area contributed by atoms with Gasteiger partial charge in [-0.25, -0.2) is 0 Å². The van der Waals surface area contributed by atoms with Gasteiger partial charge in [-0.3, -0.25) is 4.79 Å². The van der Waals surface area contributed by atoms with Crippen molar-refractivity contribution in [2.24, 2.45) is 0 Å². The third-order valence-corrected chi connectivity index (χ3v) is 2.97. The van der Waals surface area contributed by atoms with Crippen LogP contribution in [0.25, 0.3) is 0 Å². The SMILES string of the molecule is Cc1ccc(NC(=O)/C=C/C(=O)[O-])cc1I. The topological polar surface area (TPSA) is 69.2 Å². The van der Waals surface area contributed by atoms with E-state index in [1.54, 1.807) is 12.1 Å². The quantitative estimate of drug-likeness (QED) is 0.660. The van der Waals surface area contributed by atoms with Gasteiger partial charge >= 0.3 is 0 Å². The van der Waals surface area contributed by atoms with E-state index in [4.69, 9.17) is 0 Å². The number of aliphatic carboxylic acids is 1. The Labute approximate surface area is 106 Å². The molecular weight excluding hydrogens is 321 g/mol. The number of amides is 1. The fraction of sp³-hybridized carbons (Fsp3) is 0.0909. The molecule has 0 aromatic heterocycles. The summed E-state index contributed by atoms with van der Waals surface area (Å²) in [5.74, 6) is -1.89. The van der Waals surface area contributed by atoms with Crippen molar-refractivity contribution < 1.29 is 14.7 Å². The highest BCUT2D eigenvalue weighted by molar-refractivity contribution is 14.1. The van der Waals surface area contributed by atoms with Crippen molar-refractivity contribution in [2.75, 3.05) is 5.32 Å². The maximum absolute atomic E-state index is 11.2. The Kier molecular flexibility index (Phi) is 4.48. The number of rotatable bonds is 3. The van der Waals surface area contributed by atoms with Crippen LogP contribution in [-0.4, -0.2) is 11.9 Å². The molecule has 0 heterocycles. The van der Waals surface area contributed by atoms with Gasteiger partial charge in [0, 0.05) is 15.3 Å². The number of aryl methyl sites for hydroxylation is 1. The number of carboxylic acid groups (broad SMARTS) is 1. The van der Waals surface area contributed by atoms with Gasteiger partial charge in [-0.15, -0.1) is 0 Å². The molecule has 1 aromatic carbocycles. The van der Waals surface area contributed by atoms with Gasteiger partial charge in [0.25, 0.3) is 0 Å². The molecule has 84 valence electrons. The van der Waals surface area contributed by atoms with Crippen LogP contribution in [-0.2, 0) is 9.59 Å². The van der Waals surface area contributed by atoms with E-state index in [-0.39, 0.29) is 0 Å². The van der Waals surface area contributed by atoms with E-state index >= 15 is 0 Å². The zero-order valence-electron chi connectivity index (χ0n) is 8.49. The predicted molar refractivity (Wildman–Crippen MR) is 66.7 cm³/mol. The highest BCUT2D eigenvalue weighted by Crippen LogP contribution is 2.16. The first kappa shape index (κ1) is 12.7. The minimum absolute atomic E-state index is 0.496. The maximum Gasteiger partial charge on any atom is 0.248 e. The summed E-state index contributed by atoms with van der Waals surface area (Å²) in [6, 6.07) is 5.43. The molecule has 0 saturated heterocycles. The second kappa shape index (κ2) is 5.64. The highest BCUT2D eigenvalue weighted by atomic mass is 127. The molecule has 1 aromatic rings. The van der Waals surface area contributed by atoms with E-state index in [1.807, 2.05) is 13.0 Å². The standard InChI is InChI=1S/C11H10INO3/c1-7-2-3-8(6-9(7)12)13-10(14)4-5-11(15)16/h2-6H,1H3,(H,13,14)(H,15,16)/p-1/b5-4+. The molecule has 0 atom stereocenters. The van der Waals surface area contributed by atoms with Crippen molar-refractivity contribution in [3.63, 3.8) is 0 Å². The zero-order chi connectivity index (χ0) is 12.1. The van der Waals surface area contributed by atoms with Crippen molar-refractivity contribution in [1.82, 2.24) is 0 Å². The summed E-state index contributed by atoms with van der Waals surface area (Å²) in [7, 11) is 0. The number of anilines is 1. The average molecular weight is 330 g/mol. The molecule has 0 aliphatic rings. The van der Waals surface area contributed by atoms with Gasteiger partial charge in [-0.05, 0) is 53.3 Å². The van der Waals surface area contributed by atoms with Crippen molar-refractivity contribution in [1.29, 1.82) is 0 Å². The largest absolute Gasteiger partial charge is 0.545 e. The van der Waals surface area contributed by atoms with Crippen LogP contribution in [0.4, 0.5) is 5.69 Å². The molecule has 0 spiro atoms. The van der Waals surface area contributed by atoms with Crippen LogP contribution in [0.2, 0.25) is 0 Å². The molecule has 1 rings (SSSR count). The van der Waals surface area contributed by atoms with E-state index < -0.39 is 11.9 Å². The molecule has 4 nitrogen and oxygen atoms in total. The van der Waals surface area contributed by atoms with E-state index in [1.165, 1.54) is 0 Å². The minimum atomic E-state index is -1.39. The van der Waals surface area contributed by atoms with Gasteiger partial charge in [0.1, 0.15) is 0 Å². The van der Waals surface area contributed by atoms with Crippen LogP contribution in [0, 0.1) is 10.5 Å². The van der Waals surface area contributed by atoms with E-state index in [0.717, 1.165) is 15.2 Å². The van der Waals surface area contributed by atoms with E-state index in [0.29, 0.717) is 11.8 Å². The normalized spacial score (nSPS) is 10.4. The number of halogens is 1. The van der Waals surface area contributed by atoms with Gasteiger partial charge in [-0.2, -0.15) is 0 Å². The van der Waals surface area contributed by atoms with Crippen LogP contribution in [0.5, 0.6) is 0 Å². The Morgan fingerprint density at radius 3 is 2.62 bits per heavy atom. The highest BCUT2D eigenvalue weighted by Gasteiger charge is 2.00. The zero-order valence-corrected chi connectivity index (χ0v) is 10.6. The van der Waals surface area contributed by atoms with Crippen molar-refractivity contribution in [3.8, 4) is 0 Å². The third-order valence-electron chi connectivity index (χ3n) is 1.81. The Morgan fingerprint density at radius 1 is 1.38 bits per heavy atom. The monoisotopic (exact) mass is 330 g/mol. The smallest absolute Gasteiger partial charge is 0.248 e. The number of hydrogen-bond donors (Lipinski definition) is 1. The van der Waals surface area contributed by atoms with E-state index in [2.05, 4.69) is 27.9 Å². The summed E-state index contributed by atoms with van der Waals surface area (Å²) < 4.78 is 1.03. The summed E-state index contributed by atoms with van der Waals surface area (Å²) in [5.41, 5.74) is 1.74. The van der Waals surface area contributed by atoms with Gasteiger partial charge in [-0.1, -0.05) is 6.07 Å². The Hall–Kier alpha value is -1.37. The Bertz CT molecular complexity index is 455. The number of nitrogens with one attached hydrogen (secondary N) is 1. The first-order valence-electron chi connectivity index (χ1n) is 4.45. The summed E-state index contributed by atoms with van der Waals surface area (Å²) in [6.45, 7) is 1.96. The minimum Gasteiger partial charge on any atom is -0.545 e. The molecule has 0 aliphatic heterocycles. The Morgan fingerprint density at radius 2 is 2.06 bits per heavy atom. The number of benzene rings is 1. The van der Waals surface area contributed by atoms with Crippen LogP contribution >= 0.6 is 22.6 Å².